The SMILES string of the molecule is NC1CCC(C(=O)Nc2ccc(OC(F)F)c(Cc3ccccc3)c2)C1. The quantitative estimate of drug-likeness (QED) is 0.820. The summed E-state index contributed by atoms with van der Waals surface area (Å²) in [6.45, 7) is -2.90. The van der Waals surface area contributed by atoms with Crippen molar-refractivity contribution in [2.45, 2.75) is 38.3 Å². The van der Waals surface area contributed by atoms with Crippen LogP contribution >= 0.6 is 0 Å². The zero-order chi connectivity index (χ0) is 18.5. The molecule has 2 aromatic carbocycles. The number of anilines is 1. The normalized spacial score (nSPS) is 19.5. The lowest BCUT2D eigenvalue weighted by Crippen LogP contribution is -2.23. The van der Waals surface area contributed by atoms with Gasteiger partial charge < -0.3 is 15.8 Å². The molecule has 1 saturated carbocycles. The molecule has 6 heteroatoms. The molecule has 2 unspecified atom stereocenters. The number of nitrogens with one attached hydrogen (secondary N) is 1. The summed E-state index contributed by atoms with van der Waals surface area (Å²) in [6.07, 6.45) is 2.73. The zero-order valence-corrected chi connectivity index (χ0v) is 14.3. The summed E-state index contributed by atoms with van der Waals surface area (Å²) in [7, 11) is 0. The number of hydrogen-bond donors (Lipinski definition) is 2. The van der Waals surface area contributed by atoms with Crippen LogP contribution in [-0.4, -0.2) is 18.6 Å². The summed E-state index contributed by atoms with van der Waals surface area (Å²) in [5, 5.41) is 2.87. The van der Waals surface area contributed by atoms with Crippen LogP contribution in [0.25, 0.3) is 0 Å². The van der Waals surface area contributed by atoms with Gasteiger partial charge in [-0.25, -0.2) is 0 Å². The Hall–Kier alpha value is -2.47. The number of alkyl halides is 2. The standard InChI is InChI=1S/C20H22F2N2O2/c21-20(22)26-18-9-8-17(24-19(25)14-6-7-16(23)11-14)12-15(18)10-13-4-2-1-3-5-13/h1-5,8-9,12,14,16,20H,6-7,10-11,23H2,(H,24,25). The van der Waals surface area contributed by atoms with Crippen LogP contribution in [0.3, 0.4) is 0 Å². The molecule has 1 aliphatic rings. The van der Waals surface area contributed by atoms with E-state index in [0.717, 1.165) is 18.4 Å². The van der Waals surface area contributed by atoms with Gasteiger partial charge in [-0.05, 0) is 43.0 Å². The molecule has 0 bridgehead atoms. The first-order chi connectivity index (χ1) is 12.5. The molecule has 0 spiro atoms. The molecule has 3 N–H and O–H groups in total. The molecular formula is C20H22F2N2O2. The average molecular weight is 360 g/mol. The van der Waals surface area contributed by atoms with E-state index in [1.54, 1.807) is 12.1 Å². The van der Waals surface area contributed by atoms with Crippen molar-refractivity contribution >= 4 is 11.6 Å². The molecule has 1 fully saturated rings. The number of carbonyl (C=O) groups excluding carboxylic acids is 1. The van der Waals surface area contributed by atoms with E-state index in [9.17, 15) is 13.6 Å². The highest BCUT2D eigenvalue weighted by atomic mass is 19.3. The van der Waals surface area contributed by atoms with Gasteiger partial charge in [0.15, 0.2) is 0 Å². The van der Waals surface area contributed by atoms with E-state index in [-0.39, 0.29) is 23.6 Å². The Morgan fingerprint density at radius 1 is 1.19 bits per heavy atom. The van der Waals surface area contributed by atoms with Gasteiger partial charge in [0.05, 0.1) is 0 Å². The van der Waals surface area contributed by atoms with E-state index in [0.29, 0.717) is 24.1 Å². The third-order valence-electron chi connectivity index (χ3n) is 4.63. The minimum absolute atomic E-state index is 0.0706. The molecule has 0 aliphatic heterocycles. The first-order valence-corrected chi connectivity index (χ1v) is 8.69. The summed E-state index contributed by atoms with van der Waals surface area (Å²) < 4.78 is 30.0. The fraction of sp³-hybridized carbons (Fsp3) is 0.350. The van der Waals surface area contributed by atoms with Gasteiger partial charge in [-0.3, -0.25) is 4.79 Å². The molecule has 3 rings (SSSR count). The monoisotopic (exact) mass is 360 g/mol. The summed E-state index contributed by atoms with van der Waals surface area (Å²) in [4.78, 5) is 12.4. The highest BCUT2D eigenvalue weighted by molar-refractivity contribution is 5.93. The largest absolute Gasteiger partial charge is 0.435 e. The molecule has 0 aromatic heterocycles. The third kappa shape index (κ3) is 4.79. The Kier molecular flexibility index (Phi) is 5.83. The van der Waals surface area contributed by atoms with Crippen molar-refractivity contribution in [1.29, 1.82) is 0 Å². The Morgan fingerprint density at radius 3 is 2.62 bits per heavy atom. The number of rotatable bonds is 6. The second-order valence-electron chi connectivity index (χ2n) is 6.62. The lowest BCUT2D eigenvalue weighted by atomic mass is 10.0. The number of halogens is 2. The molecule has 4 nitrogen and oxygen atoms in total. The highest BCUT2D eigenvalue weighted by Gasteiger charge is 2.27. The fourth-order valence-corrected chi connectivity index (χ4v) is 3.32. The second-order valence-corrected chi connectivity index (χ2v) is 6.62. The maximum absolute atomic E-state index is 12.7. The molecule has 2 aromatic rings. The third-order valence-corrected chi connectivity index (χ3v) is 4.63. The maximum atomic E-state index is 12.7. The van der Waals surface area contributed by atoms with Crippen LogP contribution in [0.1, 0.15) is 30.4 Å². The zero-order valence-electron chi connectivity index (χ0n) is 14.3. The topological polar surface area (TPSA) is 64.4 Å². The first kappa shape index (κ1) is 18.3. The lowest BCUT2D eigenvalue weighted by Gasteiger charge is -2.15. The van der Waals surface area contributed by atoms with Crippen LogP contribution in [0.4, 0.5) is 14.5 Å². The summed E-state index contributed by atoms with van der Waals surface area (Å²) >= 11 is 0. The van der Waals surface area contributed by atoms with Gasteiger partial charge in [-0.15, -0.1) is 0 Å². The summed E-state index contributed by atoms with van der Waals surface area (Å²) in [5.41, 5.74) is 8.00. The predicted molar refractivity (Wildman–Crippen MR) is 96.3 cm³/mol. The predicted octanol–water partition coefficient (Wildman–Crippen LogP) is 3.94. The Labute approximate surface area is 151 Å². The van der Waals surface area contributed by atoms with E-state index in [4.69, 9.17) is 5.73 Å². The summed E-state index contributed by atoms with van der Waals surface area (Å²) in [6, 6.07) is 14.3. The smallest absolute Gasteiger partial charge is 0.387 e. The van der Waals surface area contributed by atoms with E-state index in [2.05, 4.69) is 10.1 Å². The van der Waals surface area contributed by atoms with E-state index < -0.39 is 6.61 Å². The minimum atomic E-state index is -2.90. The van der Waals surface area contributed by atoms with Crippen molar-refractivity contribution < 1.29 is 18.3 Å². The Morgan fingerprint density at radius 2 is 1.96 bits per heavy atom. The molecule has 138 valence electrons. The minimum Gasteiger partial charge on any atom is -0.435 e. The fourth-order valence-electron chi connectivity index (χ4n) is 3.32. The van der Waals surface area contributed by atoms with E-state index in [1.807, 2.05) is 30.3 Å². The molecule has 1 amide bonds. The van der Waals surface area contributed by atoms with Gasteiger partial charge in [0.1, 0.15) is 5.75 Å². The average Bonchev–Trinajstić information content (AvgIpc) is 3.04. The number of carbonyl (C=O) groups is 1. The summed E-state index contributed by atoms with van der Waals surface area (Å²) in [5.74, 6) is -0.0598. The van der Waals surface area contributed by atoms with E-state index in [1.165, 1.54) is 6.07 Å². The van der Waals surface area contributed by atoms with Gasteiger partial charge in [-0.2, -0.15) is 8.78 Å². The van der Waals surface area contributed by atoms with Gasteiger partial charge >= 0.3 is 6.61 Å². The van der Waals surface area contributed by atoms with Gasteiger partial charge in [0.25, 0.3) is 0 Å². The molecule has 0 heterocycles. The van der Waals surface area contributed by atoms with Crippen molar-refractivity contribution in [3.63, 3.8) is 0 Å². The number of amides is 1. The van der Waals surface area contributed by atoms with Gasteiger partial charge in [-0.1, -0.05) is 30.3 Å². The van der Waals surface area contributed by atoms with E-state index >= 15 is 0 Å². The van der Waals surface area contributed by atoms with Crippen LogP contribution < -0.4 is 15.8 Å². The van der Waals surface area contributed by atoms with Crippen LogP contribution in [0, 0.1) is 5.92 Å². The highest BCUT2D eigenvalue weighted by Crippen LogP contribution is 2.29. The molecule has 26 heavy (non-hydrogen) atoms. The van der Waals surface area contributed by atoms with Crippen molar-refractivity contribution in [1.82, 2.24) is 0 Å². The van der Waals surface area contributed by atoms with Crippen molar-refractivity contribution in [2.24, 2.45) is 11.7 Å². The number of benzene rings is 2. The number of hydrogen-bond acceptors (Lipinski definition) is 3. The lowest BCUT2D eigenvalue weighted by molar-refractivity contribution is -0.119. The molecule has 1 aliphatic carbocycles. The van der Waals surface area contributed by atoms with Crippen LogP contribution in [0.15, 0.2) is 48.5 Å². The molecule has 0 saturated heterocycles. The van der Waals surface area contributed by atoms with Gasteiger partial charge in [0.2, 0.25) is 5.91 Å². The van der Waals surface area contributed by atoms with Crippen LogP contribution in [-0.2, 0) is 11.2 Å². The Bertz CT molecular complexity index is 753. The Balaban J connectivity index is 1.78. The van der Waals surface area contributed by atoms with Crippen LogP contribution in [0.2, 0.25) is 0 Å². The van der Waals surface area contributed by atoms with Gasteiger partial charge in [0, 0.05) is 29.6 Å². The van der Waals surface area contributed by atoms with Crippen molar-refractivity contribution in [3.8, 4) is 5.75 Å². The van der Waals surface area contributed by atoms with Crippen molar-refractivity contribution in [3.05, 3.63) is 59.7 Å². The number of nitrogens with two attached hydrogens (primary N) is 1. The maximum Gasteiger partial charge on any atom is 0.387 e. The van der Waals surface area contributed by atoms with Crippen molar-refractivity contribution in [2.75, 3.05) is 5.32 Å². The first-order valence-electron chi connectivity index (χ1n) is 8.69. The second kappa shape index (κ2) is 8.27. The van der Waals surface area contributed by atoms with Crippen LogP contribution in [0.5, 0.6) is 5.75 Å². The molecular weight excluding hydrogens is 338 g/mol. The molecule has 2 atom stereocenters. The molecule has 0 radical (unpaired) electrons. The number of ether oxygens (including phenoxy) is 1.